The number of nitrogens with zero attached hydrogens (tertiary/aromatic N) is 1. The molecule has 0 amide bonds. The third-order valence-corrected chi connectivity index (χ3v) is 5.45. The highest BCUT2D eigenvalue weighted by Crippen LogP contribution is 2.27. The van der Waals surface area contributed by atoms with Crippen LogP contribution in [0.1, 0.15) is 26.2 Å². The van der Waals surface area contributed by atoms with E-state index in [4.69, 9.17) is 5.11 Å². The van der Waals surface area contributed by atoms with Gasteiger partial charge in [0, 0.05) is 6.07 Å². The molecule has 0 radical (unpaired) electrons. The molecule has 1 atom stereocenters. The lowest BCUT2D eigenvalue weighted by molar-refractivity contribution is -0.380. The van der Waals surface area contributed by atoms with E-state index >= 15 is 0 Å². The predicted molar refractivity (Wildman–Crippen MR) is 72.2 cm³/mol. The van der Waals surface area contributed by atoms with Crippen molar-refractivity contribution in [1.82, 2.24) is 4.72 Å². The highest BCUT2D eigenvalue weighted by Gasteiger charge is 2.27. The van der Waals surface area contributed by atoms with Crippen LogP contribution in [0.25, 0.3) is 0 Å². The van der Waals surface area contributed by atoms with E-state index in [9.17, 15) is 23.3 Å². The number of aliphatic carboxylic acids is 1. The van der Waals surface area contributed by atoms with E-state index < -0.39 is 27.0 Å². The number of nitro groups is 1. The zero-order chi connectivity index (χ0) is 15.3. The van der Waals surface area contributed by atoms with Crippen LogP contribution in [0.4, 0.5) is 5.00 Å². The number of hydrogen-bond donors (Lipinski definition) is 2. The third-order valence-electron chi connectivity index (χ3n) is 2.45. The van der Waals surface area contributed by atoms with Crippen molar-refractivity contribution >= 4 is 32.3 Å². The number of unbranched alkanes of at least 4 members (excludes halogenated alkanes) is 1. The van der Waals surface area contributed by atoms with Crippen LogP contribution in [0.2, 0.25) is 0 Å². The minimum atomic E-state index is -4.06. The Labute approximate surface area is 119 Å². The minimum Gasteiger partial charge on any atom is -0.480 e. The molecule has 0 aliphatic rings. The number of carboxylic acids is 1. The largest absolute Gasteiger partial charge is 0.480 e. The topological polar surface area (TPSA) is 127 Å². The summed E-state index contributed by atoms with van der Waals surface area (Å²) in [4.78, 5) is 20.8. The summed E-state index contributed by atoms with van der Waals surface area (Å²) in [6.45, 7) is 1.86. The molecule has 1 aromatic rings. The fourth-order valence-corrected chi connectivity index (χ4v) is 3.79. The zero-order valence-electron chi connectivity index (χ0n) is 10.6. The molecule has 112 valence electrons. The van der Waals surface area contributed by atoms with Gasteiger partial charge in [-0.15, -0.1) is 0 Å². The van der Waals surface area contributed by atoms with Crippen LogP contribution in [0.5, 0.6) is 0 Å². The van der Waals surface area contributed by atoms with Gasteiger partial charge in [-0.1, -0.05) is 19.8 Å². The maximum Gasteiger partial charge on any atom is 0.325 e. The van der Waals surface area contributed by atoms with Gasteiger partial charge in [0.25, 0.3) is 10.0 Å². The Kier molecular flexibility index (Phi) is 5.60. The lowest BCUT2D eigenvalue weighted by atomic mass is 10.1. The Hall–Kier alpha value is -1.52. The molecule has 8 nitrogen and oxygen atoms in total. The first kappa shape index (κ1) is 16.5. The van der Waals surface area contributed by atoms with Gasteiger partial charge in [-0.2, -0.15) is 4.72 Å². The number of nitrogens with one attached hydrogen (secondary N) is 1. The summed E-state index contributed by atoms with van der Waals surface area (Å²) >= 11 is 0.483. The lowest BCUT2D eigenvalue weighted by Gasteiger charge is -2.13. The molecule has 0 saturated carbocycles. The summed E-state index contributed by atoms with van der Waals surface area (Å²) in [5.74, 6) is -1.27. The molecule has 1 unspecified atom stereocenters. The molecule has 0 spiro atoms. The van der Waals surface area contributed by atoms with Crippen molar-refractivity contribution in [3.8, 4) is 0 Å². The van der Waals surface area contributed by atoms with Gasteiger partial charge in [0.05, 0.1) is 4.92 Å². The summed E-state index contributed by atoms with van der Waals surface area (Å²) in [7, 11) is -4.06. The van der Waals surface area contributed by atoms with Crippen molar-refractivity contribution < 1.29 is 23.2 Å². The summed E-state index contributed by atoms with van der Waals surface area (Å²) in [5.41, 5.74) is 0. The van der Waals surface area contributed by atoms with Gasteiger partial charge in [-0.3, -0.25) is 14.9 Å². The van der Waals surface area contributed by atoms with Crippen molar-refractivity contribution in [1.29, 1.82) is 0 Å². The molecule has 1 aromatic heterocycles. The monoisotopic (exact) mass is 322 g/mol. The molecule has 2 N–H and O–H groups in total. The molecule has 10 heteroatoms. The van der Waals surface area contributed by atoms with Crippen LogP contribution < -0.4 is 4.72 Å². The second-order valence-corrected chi connectivity index (χ2v) is 7.01. The molecule has 0 aliphatic heterocycles. The summed E-state index contributed by atoms with van der Waals surface area (Å²) in [5, 5.41) is 19.2. The predicted octanol–water partition coefficient (Wildman–Crippen LogP) is 1.58. The highest BCUT2D eigenvalue weighted by molar-refractivity contribution is 7.91. The first-order valence-electron chi connectivity index (χ1n) is 5.77. The van der Waals surface area contributed by atoms with Gasteiger partial charge in [0.15, 0.2) is 0 Å². The van der Waals surface area contributed by atoms with E-state index in [1.54, 1.807) is 0 Å². The van der Waals surface area contributed by atoms with Gasteiger partial charge in [-0.05, 0) is 23.8 Å². The van der Waals surface area contributed by atoms with Crippen molar-refractivity contribution in [3.05, 3.63) is 22.2 Å². The van der Waals surface area contributed by atoms with Gasteiger partial charge < -0.3 is 5.11 Å². The van der Waals surface area contributed by atoms with Crippen molar-refractivity contribution in [2.24, 2.45) is 0 Å². The van der Waals surface area contributed by atoms with Gasteiger partial charge >= 0.3 is 11.0 Å². The summed E-state index contributed by atoms with van der Waals surface area (Å²) in [6, 6.07) is 0.923. The maximum absolute atomic E-state index is 12.0. The maximum atomic E-state index is 12.0. The average Bonchev–Trinajstić information content (AvgIpc) is 2.84. The number of rotatable bonds is 8. The molecule has 0 saturated heterocycles. The molecular weight excluding hydrogens is 308 g/mol. The summed E-state index contributed by atoms with van der Waals surface area (Å²) in [6.07, 6.45) is 1.46. The number of hydrogen-bond acceptors (Lipinski definition) is 6. The zero-order valence-corrected chi connectivity index (χ0v) is 12.2. The number of thiophene rings is 1. The van der Waals surface area contributed by atoms with Gasteiger partial charge in [0.2, 0.25) is 0 Å². The number of carboxylic acid groups (broad SMARTS) is 1. The number of carbonyl (C=O) groups is 1. The number of sulfonamides is 1. The molecule has 0 aliphatic carbocycles. The quantitative estimate of drug-likeness (QED) is 0.552. The molecule has 20 heavy (non-hydrogen) atoms. The molecule has 1 heterocycles. The lowest BCUT2D eigenvalue weighted by Crippen LogP contribution is -2.40. The Morgan fingerprint density at radius 2 is 2.20 bits per heavy atom. The fourth-order valence-electron chi connectivity index (χ4n) is 1.44. The smallest absolute Gasteiger partial charge is 0.325 e. The van der Waals surface area contributed by atoms with Crippen LogP contribution in [-0.4, -0.2) is 30.5 Å². The van der Waals surface area contributed by atoms with E-state index in [-0.39, 0.29) is 15.6 Å². The van der Waals surface area contributed by atoms with Crippen LogP contribution in [0.3, 0.4) is 0 Å². The molecular formula is C10H14N2O6S2. The molecule has 0 fully saturated rings. The Morgan fingerprint density at radius 3 is 2.65 bits per heavy atom. The van der Waals surface area contributed by atoms with Crippen molar-refractivity contribution in [3.63, 3.8) is 0 Å². The van der Waals surface area contributed by atoms with Crippen LogP contribution in [-0.2, 0) is 14.8 Å². The van der Waals surface area contributed by atoms with Crippen LogP contribution >= 0.6 is 11.3 Å². The van der Waals surface area contributed by atoms with E-state index in [1.165, 1.54) is 0 Å². The second-order valence-electron chi connectivity index (χ2n) is 4.00. The van der Waals surface area contributed by atoms with E-state index in [2.05, 4.69) is 4.72 Å². The van der Waals surface area contributed by atoms with Crippen molar-refractivity contribution in [2.45, 2.75) is 36.4 Å². The minimum absolute atomic E-state index is 0.165. The van der Waals surface area contributed by atoms with Gasteiger partial charge in [0.1, 0.15) is 10.3 Å². The first-order chi connectivity index (χ1) is 9.27. The molecule has 1 rings (SSSR count). The fraction of sp³-hybridized carbons (Fsp3) is 0.500. The van der Waals surface area contributed by atoms with E-state index in [0.717, 1.165) is 18.6 Å². The Balaban J connectivity index is 2.91. The van der Waals surface area contributed by atoms with E-state index in [1.807, 2.05) is 6.92 Å². The SMILES string of the molecule is CCCCC(NS(=O)(=O)c1ccc([N+](=O)[O-])s1)C(=O)O. The van der Waals surface area contributed by atoms with Crippen LogP contribution in [0.15, 0.2) is 16.3 Å². The molecule has 0 bridgehead atoms. The average molecular weight is 322 g/mol. The Bertz CT molecular complexity index is 595. The highest BCUT2D eigenvalue weighted by atomic mass is 32.2. The molecule has 0 aromatic carbocycles. The van der Waals surface area contributed by atoms with Crippen LogP contribution in [0, 0.1) is 10.1 Å². The third kappa shape index (κ3) is 4.25. The normalized spacial score (nSPS) is 13.1. The summed E-state index contributed by atoms with van der Waals surface area (Å²) < 4.78 is 25.7. The second kappa shape index (κ2) is 6.77. The standard InChI is InChI=1S/C10H14N2O6S2/c1-2-3-4-7(10(13)14)11-20(17,18)9-6-5-8(19-9)12(15)16/h5-7,11H,2-4H2,1H3,(H,13,14). The van der Waals surface area contributed by atoms with Gasteiger partial charge in [-0.25, -0.2) is 8.42 Å². The van der Waals surface area contributed by atoms with Crippen molar-refractivity contribution in [2.75, 3.05) is 0 Å². The first-order valence-corrected chi connectivity index (χ1v) is 8.07. The van der Waals surface area contributed by atoms with E-state index in [0.29, 0.717) is 17.8 Å². The Morgan fingerprint density at radius 1 is 1.55 bits per heavy atom.